The molecule has 2 rings (SSSR count). The van der Waals surface area contributed by atoms with Crippen molar-refractivity contribution in [2.45, 2.75) is 51.4 Å². The molecular weight excluding hydrogens is 273 g/mol. The molecule has 20 heavy (non-hydrogen) atoms. The molecule has 2 amide bonds. The van der Waals surface area contributed by atoms with Crippen LogP contribution in [0.4, 0.5) is 13.2 Å². The number of likely N-dealkylation sites (tertiary alicyclic amines) is 1. The van der Waals surface area contributed by atoms with Crippen molar-refractivity contribution in [3.05, 3.63) is 0 Å². The molecule has 0 unspecified atom stereocenters. The van der Waals surface area contributed by atoms with Crippen LogP contribution in [0.5, 0.6) is 0 Å². The molecule has 7 heteroatoms. The minimum Gasteiger partial charge on any atom is -0.339 e. The van der Waals surface area contributed by atoms with Crippen molar-refractivity contribution >= 4 is 11.8 Å². The molecule has 1 heterocycles. The minimum absolute atomic E-state index is 0.0259. The van der Waals surface area contributed by atoms with E-state index in [1.54, 1.807) is 4.90 Å². The number of amides is 2. The second kappa shape index (κ2) is 5.26. The van der Waals surface area contributed by atoms with Crippen molar-refractivity contribution < 1.29 is 22.8 Å². The van der Waals surface area contributed by atoms with E-state index in [0.29, 0.717) is 12.8 Å². The zero-order chi connectivity index (χ0) is 15.1. The number of carbonyl (C=O) groups is 2. The summed E-state index contributed by atoms with van der Waals surface area (Å²) in [5.41, 5.74) is 0. The van der Waals surface area contributed by atoms with Gasteiger partial charge in [-0.3, -0.25) is 9.59 Å². The smallest absolute Gasteiger partial charge is 0.339 e. The average molecular weight is 292 g/mol. The molecule has 0 radical (unpaired) electrons. The summed E-state index contributed by atoms with van der Waals surface area (Å²) in [5.74, 6) is -1.31. The Balaban J connectivity index is 2.04. The fourth-order valence-electron chi connectivity index (χ4n) is 2.60. The highest BCUT2D eigenvalue weighted by Crippen LogP contribution is 2.33. The van der Waals surface area contributed by atoms with Gasteiger partial charge in [-0.05, 0) is 26.7 Å². The maximum atomic E-state index is 12.6. The van der Waals surface area contributed by atoms with Crippen LogP contribution in [0.3, 0.4) is 0 Å². The molecule has 0 aromatic rings. The summed E-state index contributed by atoms with van der Waals surface area (Å²) < 4.78 is 37.7. The van der Waals surface area contributed by atoms with E-state index in [4.69, 9.17) is 0 Å². The van der Waals surface area contributed by atoms with Crippen molar-refractivity contribution in [2.24, 2.45) is 5.92 Å². The first-order valence-corrected chi connectivity index (χ1v) is 6.85. The predicted octanol–water partition coefficient (Wildman–Crippen LogP) is 1.80. The Labute approximate surface area is 115 Å². The molecule has 0 N–H and O–H groups in total. The quantitative estimate of drug-likeness (QED) is 0.792. The zero-order valence-corrected chi connectivity index (χ0v) is 11.6. The molecule has 1 atom stereocenters. The molecule has 1 saturated heterocycles. The predicted molar refractivity (Wildman–Crippen MR) is 65.7 cm³/mol. The fourth-order valence-corrected chi connectivity index (χ4v) is 2.60. The Morgan fingerprint density at radius 1 is 1.40 bits per heavy atom. The van der Waals surface area contributed by atoms with Gasteiger partial charge < -0.3 is 9.80 Å². The highest BCUT2D eigenvalue weighted by molar-refractivity contribution is 5.89. The summed E-state index contributed by atoms with van der Waals surface area (Å²) in [7, 11) is 0. The number of nitrogens with zero attached hydrogens (tertiary/aromatic N) is 2. The SMILES string of the molecule is CC(C)N1C[C@@H](C(=O)N(CC(F)(F)F)C2CC2)CC1=O. The second-order valence-corrected chi connectivity index (χ2v) is 5.85. The van der Waals surface area contributed by atoms with Crippen LogP contribution in [0.15, 0.2) is 0 Å². The number of hydrogen-bond acceptors (Lipinski definition) is 2. The van der Waals surface area contributed by atoms with Crippen molar-refractivity contribution in [2.75, 3.05) is 13.1 Å². The fraction of sp³-hybridized carbons (Fsp3) is 0.846. The van der Waals surface area contributed by atoms with Crippen molar-refractivity contribution in [1.29, 1.82) is 0 Å². The monoisotopic (exact) mass is 292 g/mol. The van der Waals surface area contributed by atoms with E-state index >= 15 is 0 Å². The van der Waals surface area contributed by atoms with Gasteiger partial charge in [0.2, 0.25) is 11.8 Å². The van der Waals surface area contributed by atoms with E-state index in [9.17, 15) is 22.8 Å². The third kappa shape index (κ3) is 3.43. The third-order valence-electron chi connectivity index (χ3n) is 3.75. The summed E-state index contributed by atoms with van der Waals surface area (Å²) in [6.45, 7) is 2.69. The zero-order valence-electron chi connectivity index (χ0n) is 11.6. The molecule has 0 spiro atoms. The summed E-state index contributed by atoms with van der Waals surface area (Å²) >= 11 is 0. The lowest BCUT2D eigenvalue weighted by atomic mass is 10.1. The Kier molecular flexibility index (Phi) is 3.97. The van der Waals surface area contributed by atoms with Crippen LogP contribution in [0.2, 0.25) is 0 Å². The van der Waals surface area contributed by atoms with Crippen LogP contribution in [0, 0.1) is 5.92 Å². The van der Waals surface area contributed by atoms with Crippen LogP contribution in [0.1, 0.15) is 33.1 Å². The van der Waals surface area contributed by atoms with Crippen molar-refractivity contribution in [3.63, 3.8) is 0 Å². The Hall–Kier alpha value is -1.27. The molecule has 0 aromatic heterocycles. The maximum absolute atomic E-state index is 12.6. The number of rotatable bonds is 4. The maximum Gasteiger partial charge on any atom is 0.406 e. The molecule has 2 fully saturated rings. The Morgan fingerprint density at radius 3 is 2.40 bits per heavy atom. The van der Waals surface area contributed by atoms with E-state index in [2.05, 4.69) is 0 Å². The molecule has 2 aliphatic rings. The van der Waals surface area contributed by atoms with Crippen LogP contribution in [0.25, 0.3) is 0 Å². The number of carbonyl (C=O) groups excluding carboxylic acids is 2. The van der Waals surface area contributed by atoms with Crippen LogP contribution < -0.4 is 0 Å². The first kappa shape index (κ1) is 15.1. The normalized spacial score (nSPS) is 23.6. The summed E-state index contributed by atoms with van der Waals surface area (Å²) in [6.07, 6.45) is -3.12. The van der Waals surface area contributed by atoms with Gasteiger partial charge in [-0.15, -0.1) is 0 Å². The van der Waals surface area contributed by atoms with E-state index in [-0.39, 0.29) is 31.0 Å². The van der Waals surface area contributed by atoms with Gasteiger partial charge in [0.05, 0.1) is 5.92 Å². The van der Waals surface area contributed by atoms with E-state index in [0.717, 1.165) is 4.90 Å². The van der Waals surface area contributed by atoms with Gasteiger partial charge in [-0.1, -0.05) is 0 Å². The van der Waals surface area contributed by atoms with Gasteiger partial charge in [-0.25, -0.2) is 0 Å². The van der Waals surface area contributed by atoms with Gasteiger partial charge in [0.1, 0.15) is 6.54 Å². The largest absolute Gasteiger partial charge is 0.406 e. The number of halogens is 3. The van der Waals surface area contributed by atoms with E-state index < -0.39 is 24.5 Å². The minimum atomic E-state index is -4.39. The summed E-state index contributed by atoms with van der Waals surface area (Å²) in [6, 6.07) is -0.329. The molecule has 114 valence electrons. The first-order chi connectivity index (χ1) is 9.19. The standard InChI is InChI=1S/C13H19F3N2O2/c1-8(2)17-6-9(5-11(17)19)12(20)18(10-3-4-10)7-13(14,15)16/h8-10H,3-7H2,1-2H3/t9-/m0/s1. The number of hydrogen-bond donors (Lipinski definition) is 0. The van der Waals surface area contributed by atoms with E-state index in [1.165, 1.54) is 0 Å². The number of alkyl halides is 3. The van der Waals surface area contributed by atoms with Gasteiger partial charge in [0.25, 0.3) is 0 Å². The van der Waals surface area contributed by atoms with E-state index in [1.807, 2.05) is 13.8 Å². The second-order valence-electron chi connectivity index (χ2n) is 5.85. The average Bonchev–Trinajstić information content (AvgIpc) is 3.06. The molecule has 0 aromatic carbocycles. The van der Waals surface area contributed by atoms with Crippen LogP contribution in [-0.2, 0) is 9.59 Å². The lowest BCUT2D eigenvalue weighted by Gasteiger charge is -2.27. The molecular formula is C13H19F3N2O2. The van der Waals surface area contributed by atoms with Crippen LogP contribution in [-0.4, -0.2) is 53.0 Å². The molecule has 1 saturated carbocycles. The van der Waals surface area contributed by atoms with Crippen molar-refractivity contribution in [3.8, 4) is 0 Å². The van der Waals surface area contributed by atoms with Crippen molar-refractivity contribution in [1.82, 2.24) is 9.80 Å². The highest BCUT2D eigenvalue weighted by atomic mass is 19.4. The lowest BCUT2D eigenvalue weighted by molar-refractivity contribution is -0.164. The van der Waals surface area contributed by atoms with Gasteiger partial charge in [-0.2, -0.15) is 13.2 Å². The van der Waals surface area contributed by atoms with Gasteiger partial charge >= 0.3 is 6.18 Å². The first-order valence-electron chi connectivity index (χ1n) is 6.85. The van der Waals surface area contributed by atoms with Gasteiger partial charge in [0.15, 0.2) is 0 Å². The summed E-state index contributed by atoms with van der Waals surface area (Å²) in [5, 5.41) is 0. The molecule has 4 nitrogen and oxygen atoms in total. The third-order valence-corrected chi connectivity index (χ3v) is 3.75. The molecule has 0 bridgehead atoms. The summed E-state index contributed by atoms with van der Waals surface area (Å²) in [4.78, 5) is 26.5. The topological polar surface area (TPSA) is 40.6 Å². The lowest BCUT2D eigenvalue weighted by Crippen LogP contribution is -2.44. The highest BCUT2D eigenvalue weighted by Gasteiger charge is 2.45. The Bertz CT molecular complexity index is 405. The van der Waals surface area contributed by atoms with Gasteiger partial charge in [0, 0.05) is 25.0 Å². The molecule has 1 aliphatic carbocycles. The Morgan fingerprint density at radius 2 is 2.00 bits per heavy atom. The van der Waals surface area contributed by atoms with Crippen LogP contribution >= 0.6 is 0 Å². The molecule has 1 aliphatic heterocycles.